The third-order valence-electron chi connectivity index (χ3n) is 5.68. The molecular weight excluding hydrogens is 434 g/mol. The van der Waals surface area contributed by atoms with Crippen LogP contribution < -0.4 is 4.74 Å². The second-order valence-corrected chi connectivity index (χ2v) is 8.19. The maximum Gasteiger partial charge on any atom is 0.295 e. The van der Waals surface area contributed by atoms with E-state index in [0.29, 0.717) is 29.4 Å². The zero-order chi connectivity index (χ0) is 22.8. The number of aliphatic hydroxyl groups excluding tert-OH is 1. The maximum absolute atomic E-state index is 13.1. The van der Waals surface area contributed by atoms with Gasteiger partial charge >= 0.3 is 0 Å². The number of nitrogens with zero attached hydrogens (tertiary/aromatic N) is 1. The van der Waals surface area contributed by atoms with Gasteiger partial charge in [-0.3, -0.25) is 9.59 Å². The van der Waals surface area contributed by atoms with Gasteiger partial charge in [-0.25, -0.2) is 0 Å². The van der Waals surface area contributed by atoms with Gasteiger partial charge in [0.2, 0.25) is 0 Å². The zero-order valence-electron chi connectivity index (χ0n) is 17.6. The number of phenols is 1. The normalized spacial score (nSPS) is 22.5. The lowest BCUT2D eigenvalue weighted by Gasteiger charge is -2.27. The van der Waals surface area contributed by atoms with E-state index < -0.39 is 17.7 Å². The van der Waals surface area contributed by atoms with E-state index in [2.05, 4.69) is 0 Å². The molecule has 0 bridgehead atoms. The Morgan fingerprint density at radius 1 is 1.22 bits per heavy atom. The summed E-state index contributed by atoms with van der Waals surface area (Å²) in [6, 6.07) is 10.2. The number of ketones is 1. The van der Waals surface area contributed by atoms with E-state index in [4.69, 9.17) is 21.1 Å². The molecule has 8 heteroatoms. The first-order valence-electron chi connectivity index (χ1n) is 10.5. The number of aromatic hydroxyl groups is 1. The number of amides is 1. The number of ether oxygens (including phenoxy) is 2. The van der Waals surface area contributed by atoms with Crippen LogP contribution >= 0.6 is 11.6 Å². The van der Waals surface area contributed by atoms with Crippen LogP contribution in [0.2, 0.25) is 5.02 Å². The molecule has 0 radical (unpaired) electrons. The molecule has 2 aliphatic heterocycles. The predicted octanol–water partition coefficient (Wildman–Crippen LogP) is 4.05. The van der Waals surface area contributed by atoms with Gasteiger partial charge in [0.25, 0.3) is 11.7 Å². The van der Waals surface area contributed by atoms with Gasteiger partial charge in [-0.2, -0.15) is 0 Å². The Balaban J connectivity index is 1.84. The van der Waals surface area contributed by atoms with Crippen LogP contribution in [0.15, 0.2) is 48.0 Å². The van der Waals surface area contributed by atoms with Crippen molar-refractivity contribution >= 4 is 29.1 Å². The van der Waals surface area contributed by atoms with Crippen molar-refractivity contribution in [1.82, 2.24) is 4.90 Å². The van der Waals surface area contributed by atoms with Crippen LogP contribution in [0, 0.1) is 0 Å². The SMILES string of the molecule is CCOc1cc(C2/C(=C(\O)c3ccc(Cl)cc3)C(=O)C(=O)N2CC2CCCO2)ccc1O. The smallest absolute Gasteiger partial charge is 0.295 e. The van der Waals surface area contributed by atoms with Gasteiger partial charge in [-0.1, -0.05) is 17.7 Å². The van der Waals surface area contributed by atoms with E-state index >= 15 is 0 Å². The molecule has 2 fully saturated rings. The molecule has 2 aromatic carbocycles. The van der Waals surface area contributed by atoms with Crippen molar-refractivity contribution < 1.29 is 29.3 Å². The van der Waals surface area contributed by atoms with Crippen LogP contribution in [0.1, 0.15) is 36.9 Å². The highest BCUT2D eigenvalue weighted by Gasteiger charge is 2.47. The molecule has 2 aromatic rings. The van der Waals surface area contributed by atoms with Crippen molar-refractivity contribution in [2.24, 2.45) is 0 Å². The quantitative estimate of drug-likeness (QED) is 0.386. The Bertz CT molecular complexity index is 1060. The minimum absolute atomic E-state index is 0.0246. The minimum Gasteiger partial charge on any atom is -0.507 e. The summed E-state index contributed by atoms with van der Waals surface area (Å²) in [4.78, 5) is 27.5. The highest BCUT2D eigenvalue weighted by atomic mass is 35.5. The summed E-state index contributed by atoms with van der Waals surface area (Å²) in [6.07, 6.45) is 1.49. The Morgan fingerprint density at radius 2 is 1.97 bits per heavy atom. The Morgan fingerprint density at radius 3 is 2.62 bits per heavy atom. The monoisotopic (exact) mass is 457 g/mol. The molecular formula is C24H24ClNO6. The van der Waals surface area contributed by atoms with Crippen molar-refractivity contribution in [2.45, 2.75) is 31.9 Å². The Labute approximate surface area is 190 Å². The average Bonchev–Trinajstić information content (AvgIpc) is 3.38. The third kappa shape index (κ3) is 4.18. The van der Waals surface area contributed by atoms with Gasteiger partial charge in [-0.15, -0.1) is 0 Å². The molecule has 7 nitrogen and oxygen atoms in total. The molecule has 0 saturated carbocycles. The van der Waals surface area contributed by atoms with Crippen molar-refractivity contribution in [1.29, 1.82) is 0 Å². The van der Waals surface area contributed by atoms with E-state index in [9.17, 15) is 19.8 Å². The number of Topliss-reactive ketones (excluding diaryl/α,β-unsaturated/α-hetero) is 1. The van der Waals surface area contributed by atoms with Crippen LogP contribution in [-0.2, 0) is 14.3 Å². The number of carbonyl (C=O) groups is 2. The number of likely N-dealkylation sites (tertiary alicyclic amines) is 1. The van der Waals surface area contributed by atoms with Crippen LogP contribution in [0.3, 0.4) is 0 Å². The first-order chi connectivity index (χ1) is 15.4. The standard InChI is InChI=1S/C24H24ClNO6/c1-2-31-19-12-15(7-10-18(19)27)21-20(22(28)14-5-8-16(25)9-6-14)23(29)24(30)26(21)13-17-4-3-11-32-17/h5-10,12,17,21,27-28H,2-4,11,13H2,1H3/b22-20+. The summed E-state index contributed by atoms with van der Waals surface area (Å²) in [5, 5.41) is 21.7. The van der Waals surface area contributed by atoms with E-state index in [1.165, 1.54) is 11.0 Å². The molecule has 0 aromatic heterocycles. The molecule has 2 unspecified atom stereocenters. The van der Waals surface area contributed by atoms with Gasteiger partial charge in [0.15, 0.2) is 11.5 Å². The highest BCUT2D eigenvalue weighted by molar-refractivity contribution is 6.46. The van der Waals surface area contributed by atoms with E-state index in [1.54, 1.807) is 43.3 Å². The van der Waals surface area contributed by atoms with Crippen molar-refractivity contribution in [3.63, 3.8) is 0 Å². The molecule has 4 rings (SSSR count). The molecule has 1 amide bonds. The summed E-state index contributed by atoms with van der Waals surface area (Å²) in [5.41, 5.74) is 0.890. The average molecular weight is 458 g/mol. The van der Waals surface area contributed by atoms with Crippen LogP contribution in [0.4, 0.5) is 0 Å². The molecule has 2 atom stereocenters. The first kappa shape index (κ1) is 22.2. The molecule has 2 heterocycles. The lowest BCUT2D eigenvalue weighted by atomic mass is 9.95. The van der Waals surface area contributed by atoms with E-state index in [0.717, 1.165) is 12.8 Å². The third-order valence-corrected chi connectivity index (χ3v) is 5.93. The fourth-order valence-electron chi connectivity index (χ4n) is 4.16. The summed E-state index contributed by atoms with van der Waals surface area (Å²) >= 11 is 5.95. The predicted molar refractivity (Wildman–Crippen MR) is 119 cm³/mol. The lowest BCUT2D eigenvalue weighted by molar-refractivity contribution is -0.140. The van der Waals surface area contributed by atoms with Crippen molar-refractivity contribution in [3.8, 4) is 11.5 Å². The van der Waals surface area contributed by atoms with Gasteiger partial charge < -0.3 is 24.6 Å². The highest BCUT2D eigenvalue weighted by Crippen LogP contribution is 2.42. The lowest BCUT2D eigenvalue weighted by Crippen LogP contribution is -2.36. The topological polar surface area (TPSA) is 96.3 Å². The summed E-state index contributed by atoms with van der Waals surface area (Å²) in [5.74, 6) is -1.58. The van der Waals surface area contributed by atoms with Gasteiger partial charge in [-0.05, 0) is 61.7 Å². The molecule has 32 heavy (non-hydrogen) atoms. The second-order valence-electron chi connectivity index (χ2n) is 7.75. The Hall–Kier alpha value is -3.03. The fraction of sp³-hybridized carbons (Fsp3) is 0.333. The van der Waals surface area contributed by atoms with Crippen LogP contribution in [-0.4, -0.2) is 52.7 Å². The maximum atomic E-state index is 13.1. The molecule has 0 aliphatic carbocycles. The molecule has 2 N–H and O–H groups in total. The number of hydrogen-bond donors (Lipinski definition) is 2. The number of carbonyl (C=O) groups excluding carboxylic acids is 2. The second kappa shape index (κ2) is 9.22. The molecule has 2 aliphatic rings. The van der Waals surface area contributed by atoms with Crippen molar-refractivity contribution in [2.75, 3.05) is 19.8 Å². The number of phenolic OH excluding ortho intramolecular Hbond substituents is 1. The van der Waals surface area contributed by atoms with Crippen LogP contribution in [0.5, 0.6) is 11.5 Å². The number of halogens is 1. The van der Waals surface area contributed by atoms with E-state index in [-0.39, 0.29) is 35.5 Å². The number of benzene rings is 2. The van der Waals surface area contributed by atoms with Crippen LogP contribution in [0.25, 0.3) is 5.76 Å². The minimum atomic E-state index is -0.852. The van der Waals surface area contributed by atoms with Gasteiger partial charge in [0.05, 0.1) is 24.3 Å². The number of hydrogen-bond acceptors (Lipinski definition) is 6. The van der Waals surface area contributed by atoms with Gasteiger partial charge in [0, 0.05) is 23.7 Å². The number of aliphatic hydroxyl groups is 1. The largest absolute Gasteiger partial charge is 0.507 e. The summed E-state index contributed by atoms with van der Waals surface area (Å²) < 4.78 is 11.2. The van der Waals surface area contributed by atoms with Gasteiger partial charge in [0.1, 0.15) is 5.76 Å². The zero-order valence-corrected chi connectivity index (χ0v) is 18.3. The number of rotatable bonds is 6. The first-order valence-corrected chi connectivity index (χ1v) is 10.9. The fourth-order valence-corrected chi connectivity index (χ4v) is 4.28. The summed E-state index contributed by atoms with van der Waals surface area (Å²) in [6.45, 7) is 2.95. The molecule has 2 saturated heterocycles. The molecule has 168 valence electrons. The molecule has 0 spiro atoms. The Kier molecular flexibility index (Phi) is 6.39. The van der Waals surface area contributed by atoms with E-state index in [1.807, 2.05) is 0 Å². The van der Waals surface area contributed by atoms with Crippen molar-refractivity contribution in [3.05, 3.63) is 64.2 Å². The summed E-state index contributed by atoms with van der Waals surface area (Å²) in [7, 11) is 0.